The molecule has 0 bridgehead atoms. The van der Waals surface area contributed by atoms with Gasteiger partial charge < -0.3 is 4.74 Å². The normalized spacial score (nSPS) is 12.5. The molecular weight excluding hydrogens is 470 g/mol. The van der Waals surface area contributed by atoms with Crippen LogP contribution in [0.4, 0.5) is 0 Å². The van der Waals surface area contributed by atoms with E-state index in [9.17, 15) is 0 Å². The van der Waals surface area contributed by atoms with E-state index >= 15 is 0 Å². The van der Waals surface area contributed by atoms with Crippen LogP contribution in [0.25, 0.3) is 0 Å². The van der Waals surface area contributed by atoms with Crippen LogP contribution in [0.5, 0.6) is 5.75 Å². The van der Waals surface area contributed by atoms with E-state index in [0.29, 0.717) is 22.4 Å². The maximum Gasteiger partial charge on any atom is 0.139 e. The van der Waals surface area contributed by atoms with Gasteiger partial charge in [-0.05, 0) is 56.5 Å². The molecule has 0 fully saturated rings. The summed E-state index contributed by atoms with van der Waals surface area (Å²) < 4.78 is 7.37. The second kappa shape index (κ2) is 7.21. The lowest BCUT2D eigenvalue weighted by Crippen LogP contribution is -1.97. The van der Waals surface area contributed by atoms with Gasteiger partial charge in [-0.3, -0.25) is 0 Å². The Morgan fingerprint density at radius 3 is 2.40 bits per heavy atom. The summed E-state index contributed by atoms with van der Waals surface area (Å²) in [6.07, 6.45) is 0. The van der Waals surface area contributed by atoms with Crippen molar-refractivity contribution in [2.24, 2.45) is 0 Å². The molecule has 1 aromatic heterocycles. The Morgan fingerprint density at radius 2 is 1.85 bits per heavy atom. The number of hydrogen-bond acceptors (Lipinski definition) is 2. The van der Waals surface area contributed by atoms with Crippen LogP contribution in [-0.4, -0.2) is 6.61 Å². The number of benzene rings is 1. The third-order valence-electron chi connectivity index (χ3n) is 2.58. The SMILES string of the molecule is CCOc1cc(Cl)c(C(Cl)c2cc(Br)sc2Br)cc1Cl. The summed E-state index contributed by atoms with van der Waals surface area (Å²) in [6, 6.07) is 5.42. The van der Waals surface area contributed by atoms with Crippen LogP contribution in [0, 0.1) is 0 Å². The number of thiophene rings is 1. The van der Waals surface area contributed by atoms with Crippen molar-refractivity contribution in [1.82, 2.24) is 0 Å². The summed E-state index contributed by atoms with van der Waals surface area (Å²) in [6.45, 7) is 2.42. The maximum atomic E-state index is 6.53. The van der Waals surface area contributed by atoms with Crippen molar-refractivity contribution in [2.45, 2.75) is 12.3 Å². The number of alkyl halides is 1. The molecule has 0 aliphatic heterocycles. The second-order valence-electron chi connectivity index (χ2n) is 3.88. The van der Waals surface area contributed by atoms with Crippen LogP contribution in [0.3, 0.4) is 0 Å². The van der Waals surface area contributed by atoms with E-state index in [1.54, 1.807) is 23.5 Å². The molecule has 2 rings (SSSR count). The van der Waals surface area contributed by atoms with Gasteiger partial charge in [0.2, 0.25) is 0 Å². The Kier molecular flexibility index (Phi) is 6.10. The Bertz CT molecular complexity index is 630. The third kappa shape index (κ3) is 3.65. The quantitative estimate of drug-likeness (QED) is 0.418. The number of hydrogen-bond donors (Lipinski definition) is 0. The first-order valence-electron chi connectivity index (χ1n) is 5.64. The highest BCUT2D eigenvalue weighted by Crippen LogP contribution is 2.44. The largest absolute Gasteiger partial charge is 0.492 e. The van der Waals surface area contributed by atoms with E-state index in [0.717, 1.165) is 18.7 Å². The molecule has 0 spiro atoms. The lowest BCUT2D eigenvalue weighted by Gasteiger charge is -2.14. The molecule has 0 saturated heterocycles. The van der Waals surface area contributed by atoms with Crippen molar-refractivity contribution in [2.75, 3.05) is 6.61 Å². The summed E-state index contributed by atoms with van der Waals surface area (Å²) in [4.78, 5) is 0. The van der Waals surface area contributed by atoms with E-state index in [4.69, 9.17) is 39.5 Å². The van der Waals surface area contributed by atoms with Crippen molar-refractivity contribution < 1.29 is 4.74 Å². The highest BCUT2D eigenvalue weighted by Gasteiger charge is 2.21. The topological polar surface area (TPSA) is 9.23 Å². The van der Waals surface area contributed by atoms with Crippen LogP contribution < -0.4 is 4.74 Å². The zero-order valence-electron chi connectivity index (χ0n) is 10.2. The van der Waals surface area contributed by atoms with Gasteiger partial charge in [0.1, 0.15) is 5.75 Å². The monoisotopic (exact) mass is 476 g/mol. The van der Waals surface area contributed by atoms with Crippen LogP contribution in [-0.2, 0) is 0 Å². The highest BCUT2D eigenvalue weighted by molar-refractivity contribution is 9.12. The Balaban J connectivity index is 2.42. The van der Waals surface area contributed by atoms with Crippen molar-refractivity contribution in [1.29, 1.82) is 0 Å². The minimum absolute atomic E-state index is 0.382. The van der Waals surface area contributed by atoms with Gasteiger partial charge in [-0.2, -0.15) is 0 Å². The average Bonchev–Trinajstić information content (AvgIpc) is 2.72. The minimum atomic E-state index is -0.382. The molecule has 2 aromatic rings. The van der Waals surface area contributed by atoms with Crippen LogP contribution in [0.1, 0.15) is 23.4 Å². The van der Waals surface area contributed by atoms with E-state index in [2.05, 4.69) is 31.9 Å². The van der Waals surface area contributed by atoms with E-state index in [-0.39, 0.29) is 5.38 Å². The van der Waals surface area contributed by atoms with E-state index < -0.39 is 0 Å². The summed E-state index contributed by atoms with van der Waals surface area (Å²) in [7, 11) is 0. The standard InChI is InChI=1S/C13H9Br2Cl3OS/c1-2-19-10-5-8(16)6(3-9(10)17)12(18)7-4-11(14)20-13(7)15/h3-5,12H,2H2,1H3. The number of halogens is 5. The Labute approximate surface area is 153 Å². The predicted octanol–water partition coefficient (Wildman–Crippen LogP) is 7.31. The molecule has 108 valence electrons. The zero-order chi connectivity index (χ0) is 14.9. The van der Waals surface area contributed by atoms with E-state index in [1.165, 1.54) is 0 Å². The molecule has 20 heavy (non-hydrogen) atoms. The first-order valence-corrected chi connectivity index (χ1v) is 9.24. The molecule has 0 radical (unpaired) electrons. The van der Waals surface area contributed by atoms with Crippen LogP contribution in [0.2, 0.25) is 10.0 Å². The molecule has 1 unspecified atom stereocenters. The molecule has 0 amide bonds. The molecule has 0 saturated carbocycles. The lowest BCUT2D eigenvalue weighted by molar-refractivity contribution is 0.340. The number of ether oxygens (including phenoxy) is 1. The molecule has 1 aromatic carbocycles. The van der Waals surface area contributed by atoms with Crippen molar-refractivity contribution in [3.8, 4) is 5.75 Å². The molecule has 7 heteroatoms. The fraction of sp³-hybridized carbons (Fsp3) is 0.231. The van der Waals surface area contributed by atoms with Gasteiger partial charge >= 0.3 is 0 Å². The summed E-state index contributed by atoms with van der Waals surface area (Å²) in [5, 5.41) is 0.655. The summed E-state index contributed by atoms with van der Waals surface area (Å²) in [5.74, 6) is 0.567. The van der Waals surface area contributed by atoms with Gasteiger partial charge in [0.15, 0.2) is 0 Å². The zero-order valence-corrected chi connectivity index (χ0v) is 16.5. The van der Waals surface area contributed by atoms with Crippen molar-refractivity contribution in [3.63, 3.8) is 0 Å². The lowest BCUT2D eigenvalue weighted by atomic mass is 10.1. The Morgan fingerprint density at radius 1 is 1.15 bits per heavy atom. The van der Waals surface area contributed by atoms with Crippen molar-refractivity contribution >= 4 is 78.0 Å². The number of rotatable bonds is 4. The average molecular weight is 479 g/mol. The fourth-order valence-electron chi connectivity index (χ4n) is 1.70. The van der Waals surface area contributed by atoms with Gasteiger partial charge in [0.25, 0.3) is 0 Å². The molecule has 1 heterocycles. The molecule has 0 aliphatic rings. The predicted molar refractivity (Wildman–Crippen MR) is 95.0 cm³/mol. The Hall–Kier alpha value is 0.550. The van der Waals surface area contributed by atoms with Gasteiger partial charge in [-0.25, -0.2) is 0 Å². The first-order chi connectivity index (χ1) is 9.43. The smallest absolute Gasteiger partial charge is 0.139 e. The molecule has 0 N–H and O–H groups in total. The fourth-order valence-corrected chi connectivity index (χ4v) is 5.69. The van der Waals surface area contributed by atoms with Crippen LogP contribution >= 0.6 is 78.0 Å². The maximum absolute atomic E-state index is 6.53. The summed E-state index contributed by atoms with van der Waals surface area (Å²) >= 11 is 27.5. The molecular formula is C13H9Br2Cl3OS. The summed E-state index contributed by atoms with van der Waals surface area (Å²) in [5.41, 5.74) is 1.71. The second-order valence-corrected chi connectivity index (χ2v) is 8.88. The van der Waals surface area contributed by atoms with Gasteiger partial charge in [-0.15, -0.1) is 22.9 Å². The van der Waals surface area contributed by atoms with Gasteiger partial charge in [-0.1, -0.05) is 23.2 Å². The van der Waals surface area contributed by atoms with Crippen molar-refractivity contribution in [3.05, 3.63) is 46.9 Å². The first kappa shape index (κ1) is 16.9. The van der Waals surface area contributed by atoms with E-state index in [1.807, 2.05) is 13.0 Å². The highest BCUT2D eigenvalue weighted by atomic mass is 79.9. The third-order valence-corrected chi connectivity index (χ3v) is 6.06. The minimum Gasteiger partial charge on any atom is -0.492 e. The van der Waals surface area contributed by atoms with Crippen LogP contribution in [0.15, 0.2) is 25.8 Å². The van der Waals surface area contributed by atoms with Gasteiger partial charge in [0, 0.05) is 16.7 Å². The molecule has 1 nitrogen and oxygen atoms in total. The molecule has 0 aliphatic carbocycles. The molecule has 1 atom stereocenters. The van der Waals surface area contributed by atoms with Gasteiger partial charge in [0.05, 0.1) is 24.6 Å².